The van der Waals surface area contributed by atoms with Crippen LogP contribution in [0.4, 0.5) is 13.2 Å². The summed E-state index contributed by atoms with van der Waals surface area (Å²) in [6.45, 7) is 6.04. The summed E-state index contributed by atoms with van der Waals surface area (Å²) in [5, 5.41) is 6.91. The molecule has 0 radical (unpaired) electrons. The molecule has 2 aromatic rings. The first-order chi connectivity index (χ1) is 12.8. The van der Waals surface area contributed by atoms with Crippen LogP contribution in [0.3, 0.4) is 0 Å². The molecule has 0 aliphatic rings. The molecule has 0 saturated carbocycles. The number of hydrogen-bond acceptors (Lipinski definition) is 4. The van der Waals surface area contributed by atoms with E-state index in [1.807, 2.05) is 11.4 Å². The lowest BCUT2D eigenvalue weighted by Crippen LogP contribution is -2.39. The predicted molar refractivity (Wildman–Crippen MR) is 99.9 cm³/mol. The van der Waals surface area contributed by atoms with Crippen molar-refractivity contribution in [2.75, 3.05) is 26.2 Å². The second-order valence-electron chi connectivity index (χ2n) is 5.91. The number of nitrogens with one attached hydrogen (secondary N) is 1. The van der Waals surface area contributed by atoms with Crippen molar-refractivity contribution in [3.63, 3.8) is 0 Å². The molecule has 0 spiro atoms. The van der Waals surface area contributed by atoms with Gasteiger partial charge in [0.1, 0.15) is 5.75 Å². The Hall–Kier alpha value is -2.06. The molecule has 8 heteroatoms. The molecular weight excluding hydrogens is 377 g/mol. The van der Waals surface area contributed by atoms with E-state index in [0.29, 0.717) is 6.54 Å². The van der Waals surface area contributed by atoms with Crippen LogP contribution in [-0.2, 0) is 11.0 Å². The van der Waals surface area contributed by atoms with Gasteiger partial charge in [-0.15, -0.1) is 0 Å². The number of nitrogens with zero attached hydrogens (tertiary/aromatic N) is 1. The Kier molecular flexibility index (Phi) is 7.67. The van der Waals surface area contributed by atoms with Crippen LogP contribution in [0.2, 0.25) is 0 Å². The minimum absolute atomic E-state index is 0.0706. The summed E-state index contributed by atoms with van der Waals surface area (Å²) in [5.74, 6) is -0.0986. The van der Waals surface area contributed by atoms with Crippen molar-refractivity contribution in [3.05, 3.63) is 52.2 Å². The van der Waals surface area contributed by atoms with Crippen LogP contribution in [0.25, 0.3) is 0 Å². The van der Waals surface area contributed by atoms with Gasteiger partial charge in [0.05, 0.1) is 11.6 Å². The summed E-state index contributed by atoms with van der Waals surface area (Å²) in [4.78, 5) is 14.3. The standard InChI is InChI=1S/C19H23F3N2O2S/c1-3-24(4-2)17(14-9-10-27-13-14)11-23-18(25)12-26-16-7-5-15(6-8-16)19(20,21)22/h5-10,13,17H,3-4,11-12H2,1-2H3,(H,23,25). The Morgan fingerprint density at radius 2 is 1.85 bits per heavy atom. The van der Waals surface area contributed by atoms with Crippen molar-refractivity contribution in [3.8, 4) is 5.75 Å². The molecule has 1 aromatic carbocycles. The fourth-order valence-corrected chi connectivity index (χ4v) is 3.44. The van der Waals surface area contributed by atoms with Gasteiger partial charge in [0.25, 0.3) is 5.91 Å². The van der Waals surface area contributed by atoms with E-state index in [1.165, 1.54) is 12.1 Å². The van der Waals surface area contributed by atoms with Crippen molar-refractivity contribution in [1.82, 2.24) is 10.2 Å². The van der Waals surface area contributed by atoms with Gasteiger partial charge < -0.3 is 10.1 Å². The SMILES string of the molecule is CCN(CC)C(CNC(=O)COc1ccc(C(F)(F)F)cc1)c1ccsc1. The molecule has 0 aliphatic carbocycles. The quantitative estimate of drug-likeness (QED) is 0.681. The minimum Gasteiger partial charge on any atom is -0.484 e. The maximum Gasteiger partial charge on any atom is 0.416 e. The van der Waals surface area contributed by atoms with Gasteiger partial charge in [-0.25, -0.2) is 0 Å². The summed E-state index contributed by atoms with van der Waals surface area (Å²) in [6.07, 6.45) is -4.39. The maximum atomic E-state index is 12.5. The highest BCUT2D eigenvalue weighted by atomic mass is 32.1. The lowest BCUT2D eigenvalue weighted by atomic mass is 10.1. The lowest BCUT2D eigenvalue weighted by molar-refractivity contribution is -0.137. The monoisotopic (exact) mass is 400 g/mol. The number of ether oxygens (including phenoxy) is 1. The fraction of sp³-hybridized carbons (Fsp3) is 0.421. The van der Waals surface area contributed by atoms with Gasteiger partial charge in [-0.1, -0.05) is 13.8 Å². The van der Waals surface area contributed by atoms with E-state index in [4.69, 9.17) is 4.74 Å². The van der Waals surface area contributed by atoms with Gasteiger partial charge in [-0.3, -0.25) is 9.69 Å². The molecule has 0 aliphatic heterocycles. The van der Waals surface area contributed by atoms with Gasteiger partial charge in [0.2, 0.25) is 0 Å². The molecule has 1 unspecified atom stereocenters. The van der Waals surface area contributed by atoms with E-state index < -0.39 is 11.7 Å². The third-order valence-corrected chi connectivity index (χ3v) is 4.93. The number of likely N-dealkylation sites (N-methyl/N-ethyl adjacent to an activating group) is 1. The molecule has 4 nitrogen and oxygen atoms in total. The molecule has 1 amide bonds. The smallest absolute Gasteiger partial charge is 0.416 e. The molecule has 0 bridgehead atoms. The zero-order valence-electron chi connectivity index (χ0n) is 15.3. The Bertz CT molecular complexity index is 699. The van der Waals surface area contributed by atoms with Crippen LogP contribution < -0.4 is 10.1 Å². The molecule has 148 valence electrons. The van der Waals surface area contributed by atoms with Crippen LogP contribution in [0.1, 0.15) is 31.0 Å². The first-order valence-electron chi connectivity index (χ1n) is 8.68. The van der Waals surface area contributed by atoms with E-state index in [2.05, 4.69) is 29.4 Å². The number of alkyl halides is 3. The Labute approximate surface area is 160 Å². The number of hydrogen-bond donors (Lipinski definition) is 1. The number of benzene rings is 1. The third kappa shape index (κ3) is 6.25. The minimum atomic E-state index is -4.39. The fourth-order valence-electron chi connectivity index (χ4n) is 2.74. The number of halogens is 3. The zero-order valence-corrected chi connectivity index (χ0v) is 16.1. The summed E-state index contributed by atoms with van der Waals surface area (Å²) in [6, 6.07) is 6.39. The van der Waals surface area contributed by atoms with Gasteiger partial charge in [-0.05, 0) is 59.7 Å². The van der Waals surface area contributed by atoms with Crippen molar-refractivity contribution in [1.29, 1.82) is 0 Å². The van der Waals surface area contributed by atoms with E-state index in [-0.39, 0.29) is 24.3 Å². The summed E-state index contributed by atoms with van der Waals surface area (Å²) >= 11 is 1.61. The molecular formula is C19H23F3N2O2S. The van der Waals surface area contributed by atoms with Crippen molar-refractivity contribution in [2.45, 2.75) is 26.1 Å². The number of carbonyl (C=O) groups excluding carboxylic acids is 1. The zero-order chi connectivity index (χ0) is 19.9. The molecule has 1 aromatic heterocycles. The summed E-state index contributed by atoms with van der Waals surface area (Å²) in [7, 11) is 0. The first-order valence-corrected chi connectivity index (χ1v) is 9.62. The molecule has 1 N–H and O–H groups in total. The summed E-state index contributed by atoms with van der Waals surface area (Å²) < 4.78 is 42.9. The van der Waals surface area contributed by atoms with Crippen LogP contribution in [0.15, 0.2) is 41.1 Å². The summed E-state index contributed by atoms with van der Waals surface area (Å²) in [5.41, 5.74) is 0.393. The third-order valence-electron chi connectivity index (χ3n) is 4.23. The second-order valence-corrected chi connectivity index (χ2v) is 6.69. The highest BCUT2D eigenvalue weighted by molar-refractivity contribution is 7.07. The van der Waals surface area contributed by atoms with E-state index in [9.17, 15) is 18.0 Å². The lowest BCUT2D eigenvalue weighted by Gasteiger charge is -2.29. The predicted octanol–water partition coefficient (Wildman–Crippen LogP) is 4.35. The molecule has 2 rings (SSSR count). The van der Waals surface area contributed by atoms with E-state index in [0.717, 1.165) is 30.8 Å². The van der Waals surface area contributed by atoms with Crippen LogP contribution in [0.5, 0.6) is 5.75 Å². The number of thiophene rings is 1. The average Bonchev–Trinajstić information content (AvgIpc) is 3.17. The molecule has 0 saturated heterocycles. The Balaban J connectivity index is 1.87. The van der Waals surface area contributed by atoms with Crippen molar-refractivity contribution >= 4 is 17.2 Å². The van der Waals surface area contributed by atoms with Crippen molar-refractivity contribution in [2.24, 2.45) is 0 Å². The average molecular weight is 400 g/mol. The van der Waals surface area contributed by atoms with E-state index in [1.54, 1.807) is 11.3 Å². The van der Waals surface area contributed by atoms with Crippen molar-refractivity contribution < 1.29 is 22.7 Å². The number of carbonyl (C=O) groups is 1. The number of rotatable bonds is 9. The highest BCUT2D eigenvalue weighted by Crippen LogP contribution is 2.30. The normalized spacial score (nSPS) is 12.8. The second kappa shape index (κ2) is 9.75. The molecule has 1 atom stereocenters. The van der Waals surface area contributed by atoms with Gasteiger partial charge in [-0.2, -0.15) is 24.5 Å². The number of amides is 1. The van der Waals surface area contributed by atoms with Gasteiger partial charge in [0, 0.05) is 6.54 Å². The molecule has 1 heterocycles. The molecule has 0 fully saturated rings. The Morgan fingerprint density at radius 1 is 1.19 bits per heavy atom. The van der Waals surface area contributed by atoms with Crippen LogP contribution in [-0.4, -0.2) is 37.0 Å². The van der Waals surface area contributed by atoms with Gasteiger partial charge in [0.15, 0.2) is 6.61 Å². The first kappa shape index (κ1) is 21.2. The van der Waals surface area contributed by atoms with Gasteiger partial charge >= 0.3 is 6.18 Å². The molecule has 27 heavy (non-hydrogen) atoms. The maximum absolute atomic E-state index is 12.5. The van der Waals surface area contributed by atoms with Crippen LogP contribution >= 0.6 is 11.3 Å². The Morgan fingerprint density at radius 3 is 2.37 bits per heavy atom. The van der Waals surface area contributed by atoms with Crippen LogP contribution in [0, 0.1) is 0 Å². The highest BCUT2D eigenvalue weighted by Gasteiger charge is 2.30. The van der Waals surface area contributed by atoms with E-state index >= 15 is 0 Å². The topological polar surface area (TPSA) is 41.6 Å². The largest absolute Gasteiger partial charge is 0.484 e.